The van der Waals surface area contributed by atoms with Gasteiger partial charge in [-0.1, -0.05) is 0 Å². The molecule has 25 heavy (non-hydrogen) atoms. The molecule has 2 aromatic heterocycles. The highest BCUT2D eigenvalue weighted by molar-refractivity contribution is 14.0. The topological polar surface area (TPSA) is 74.0 Å². The fourth-order valence-electron chi connectivity index (χ4n) is 2.66. The second-order valence-corrected chi connectivity index (χ2v) is 6.82. The zero-order valence-corrected chi connectivity index (χ0v) is 17.4. The van der Waals surface area contributed by atoms with Crippen molar-refractivity contribution < 1.29 is 9.21 Å². The third-order valence-corrected chi connectivity index (χ3v) is 4.81. The minimum atomic E-state index is -0.0530. The molecular formula is C16H22IN5O2S. The average Bonchev–Trinajstić information content (AvgIpc) is 3.27. The monoisotopic (exact) mass is 475 g/mol. The summed E-state index contributed by atoms with van der Waals surface area (Å²) >= 11 is 1.68. The molecule has 136 valence electrons. The molecule has 7 nitrogen and oxygen atoms in total. The van der Waals surface area contributed by atoms with Gasteiger partial charge in [-0.3, -0.25) is 9.79 Å². The fourth-order valence-corrected chi connectivity index (χ4v) is 3.40. The number of aryl methyl sites for hydroxylation is 1. The van der Waals surface area contributed by atoms with Crippen LogP contribution < -0.4 is 5.32 Å². The Morgan fingerprint density at radius 3 is 2.64 bits per heavy atom. The number of piperazine rings is 1. The fraction of sp³-hybridized carbons (Fsp3) is 0.438. The van der Waals surface area contributed by atoms with Gasteiger partial charge in [-0.15, -0.1) is 35.3 Å². The zero-order valence-electron chi connectivity index (χ0n) is 14.3. The Morgan fingerprint density at radius 2 is 2.08 bits per heavy atom. The SMILES string of the molecule is CN=C(NCc1cnc(C)s1)N1CCN(C(=O)c2ccco2)CC1.I. The van der Waals surface area contributed by atoms with Gasteiger partial charge in [-0.2, -0.15) is 0 Å². The standard InChI is InChI=1S/C16H21N5O2S.HI/c1-12-18-10-13(24-12)11-19-16(17-2)21-7-5-20(6-8-21)15(22)14-4-3-9-23-14;/h3-4,9-10H,5-8,11H2,1-2H3,(H,17,19);1H. The van der Waals surface area contributed by atoms with Crippen LogP contribution in [0.3, 0.4) is 0 Å². The van der Waals surface area contributed by atoms with Gasteiger partial charge in [0, 0.05) is 44.3 Å². The molecule has 1 saturated heterocycles. The number of carbonyl (C=O) groups is 1. The Labute approximate surface area is 168 Å². The smallest absolute Gasteiger partial charge is 0.289 e. The molecule has 0 radical (unpaired) electrons. The molecule has 0 saturated carbocycles. The van der Waals surface area contributed by atoms with Gasteiger partial charge in [0.2, 0.25) is 0 Å². The van der Waals surface area contributed by atoms with Gasteiger partial charge < -0.3 is 19.5 Å². The van der Waals surface area contributed by atoms with Crippen molar-refractivity contribution >= 4 is 47.2 Å². The number of carbonyl (C=O) groups excluding carboxylic acids is 1. The van der Waals surface area contributed by atoms with Crippen LogP contribution in [0.25, 0.3) is 0 Å². The molecule has 1 aliphatic heterocycles. The largest absolute Gasteiger partial charge is 0.459 e. The van der Waals surface area contributed by atoms with E-state index in [4.69, 9.17) is 4.42 Å². The Balaban J connectivity index is 0.00000225. The van der Waals surface area contributed by atoms with E-state index in [1.54, 1.807) is 30.5 Å². The molecule has 0 unspecified atom stereocenters. The zero-order chi connectivity index (χ0) is 16.9. The number of rotatable bonds is 3. The Hall–Kier alpha value is -1.62. The molecule has 2 aromatic rings. The third-order valence-electron chi connectivity index (χ3n) is 3.90. The van der Waals surface area contributed by atoms with Crippen molar-refractivity contribution in [3.05, 3.63) is 40.2 Å². The molecule has 1 aliphatic rings. The van der Waals surface area contributed by atoms with E-state index in [1.807, 2.05) is 18.0 Å². The lowest BCUT2D eigenvalue weighted by Crippen LogP contribution is -2.53. The molecule has 1 N–H and O–H groups in total. The first-order chi connectivity index (χ1) is 11.7. The van der Waals surface area contributed by atoms with Crippen molar-refractivity contribution in [2.75, 3.05) is 33.2 Å². The van der Waals surface area contributed by atoms with Crippen LogP contribution in [-0.4, -0.2) is 59.9 Å². The molecule has 0 aromatic carbocycles. The van der Waals surface area contributed by atoms with E-state index >= 15 is 0 Å². The molecule has 0 aliphatic carbocycles. The maximum absolute atomic E-state index is 12.3. The summed E-state index contributed by atoms with van der Waals surface area (Å²) in [5, 5.41) is 4.43. The van der Waals surface area contributed by atoms with Crippen LogP contribution in [0.4, 0.5) is 0 Å². The summed E-state index contributed by atoms with van der Waals surface area (Å²) in [6.45, 7) is 5.50. The van der Waals surface area contributed by atoms with Crippen molar-refractivity contribution in [1.82, 2.24) is 20.1 Å². The van der Waals surface area contributed by atoms with Crippen LogP contribution in [0.2, 0.25) is 0 Å². The number of amides is 1. The normalized spacial score (nSPS) is 15.0. The summed E-state index contributed by atoms with van der Waals surface area (Å²) in [5.41, 5.74) is 0. The Morgan fingerprint density at radius 1 is 1.36 bits per heavy atom. The molecule has 9 heteroatoms. The minimum Gasteiger partial charge on any atom is -0.459 e. The van der Waals surface area contributed by atoms with Gasteiger partial charge in [0.1, 0.15) is 0 Å². The van der Waals surface area contributed by atoms with E-state index < -0.39 is 0 Å². The van der Waals surface area contributed by atoms with Crippen LogP contribution in [0.5, 0.6) is 0 Å². The second kappa shape index (κ2) is 9.18. The van der Waals surface area contributed by atoms with Crippen molar-refractivity contribution in [3.8, 4) is 0 Å². The van der Waals surface area contributed by atoms with Crippen LogP contribution in [-0.2, 0) is 6.54 Å². The summed E-state index contributed by atoms with van der Waals surface area (Å²) in [6.07, 6.45) is 3.41. The second-order valence-electron chi connectivity index (χ2n) is 5.50. The summed E-state index contributed by atoms with van der Waals surface area (Å²) < 4.78 is 5.19. The lowest BCUT2D eigenvalue weighted by molar-refractivity contribution is 0.0657. The maximum atomic E-state index is 12.3. The average molecular weight is 475 g/mol. The van der Waals surface area contributed by atoms with Crippen LogP contribution in [0.1, 0.15) is 20.4 Å². The van der Waals surface area contributed by atoms with Gasteiger partial charge in [0.15, 0.2) is 11.7 Å². The predicted octanol–water partition coefficient (Wildman–Crippen LogP) is 2.20. The van der Waals surface area contributed by atoms with Gasteiger partial charge in [-0.05, 0) is 19.1 Å². The summed E-state index contributed by atoms with van der Waals surface area (Å²) in [7, 11) is 1.78. The first kappa shape index (κ1) is 19.7. The van der Waals surface area contributed by atoms with Crippen molar-refractivity contribution in [2.24, 2.45) is 4.99 Å². The minimum absolute atomic E-state index is 0. The highest BCUT2D eigenvalue weighted by Crippen LogP contribution is 2.12. The van der Waals surface area contributed by atoms with E-state index in [-0.39, 0.29) is 29.9 Å². The molecule has 0 spiro atoms. The van der Waals surface area contributed by atoms with Crippen LogP contribution in [0.15, 0.2) is 34.0 Å². The van der Waals surface area contributed by atoms with Gasteiger partial charge in [0.05, 0.1) is 17.8 Å². The van der Waals surface area contributed by atoms with Gasteiger partial charge >= 0.3 is 0 Å². The highest BCUT2D eigenvalue weighted by atomic mass is 127. The van der Waals surface area contributed by atoms with Crippen molar-refractivity contribution in [3.63, 3.8) is 0 Å². The van der Waals surface area contributed by atoms with Crippen LogP contribution in [0, 0.1) is 6.92 Å². The van der Waals surface area contributed by atoms with E-state index in [0.717, 1.165) is 24.1 Å². The Kier molecular flexibility index (Phi) is 7.24. The first-order valence-corrected chi connectivity index (χ1v) is 8.68. The number of nitrogens with zero attached hydrogens (tertiary/aromatic N) is 4. The van der Waals surface area contributed by atoms with E-state index in [9.17, 15) is 4.79 Å². The maximum Gasteiger partial charge on any atom is 0.289 e. The number of hydrogen-bond donors (Lipinski definition) is 1. The van der Waals surface area contributed by atoms with Crippen molar-refractivity contribution in [1.29, 1.82) is 0 Å². The van der Waals surface area contributed by atoms with Gasteiger partial charge in [-0.25, -0.2) is 4.98 Å². The number of furan rings is 1. The molecule has 0 atom stereocenters. The summed E-state index contributed by atoms with van der Waals surface area (Å²) in [5.74, 6) is 1.19. The molecule has 3 rings (SSSR count). The van der Waals surface area contributed by atoms with E-state index in [2.05, 4.69) is 20.2 Å². The summed E-state index contributed by atoms with van der Waals surface area (Å²) in [4.78, 5) is 26.0. The lowest BCUT2D eigenvalue weighted by atomic mass is 10.3. The van der Waals surface area contributed by atoms with E-state index in [1.165, 1.54) is 11.1 Å². The number of aliphatic imine (C=N–C) groups is 1. The number of halogens is 1. The predicted molar refractivity (Wildman–Crippen MR) is 109 cm³/mol. The number of aromatic nitrogens is 1. The molecule has 1 fully saturated rings. The van der Waals surface area contributed by atoms with Crippen molar-refractivity contribution in [2.45, 2.75) is 13.5 Å². The number of hydrogen-bond acceptors (Lipinski definition) is 5. The quantitative estimate of drug-likeness (QED) is 0.419. The molecule has 0 bridgehead atoms. The number of thiazole rings is 1. The summed E-state index contributed by atoms with van der Waals surface area (Å²) in [6, 6.07) is 3.43. The Bertz CT molecular complexity index is 708. The molecular weight excluding hydrogens is 453 g/mol. The van der Waals surface area contributed by atoms with E-state index in [0.29, 0.717) is 25.4 Å². The molecule has 3 heterocycles. The number of nitrogens with one attached hydrogen (secondary N) is 1. The molecule has 1 amide bonds. The van der Waals surface area contributed by atoms with Crippen LogP contribution >= 0.6 is 35.3 Å². The van der Waals surface area contributed by atoms with Gasteiger partial charge in [0.25, 0.3) is 5.91 Å². The number of guanidine groups is 1. The first-order valence-electron chi connectivity index (χ1n) is 7.87. The highest BCUT2D eigenvalue weighted by Gasteiger charge is 2.25. The lowest BCUT2D eigenvalue weighted by Gasteiger charge is -2.36. The third kappa shape index (κ3) is 4.94.